The van der Waals surface area contributed by atoms with E-state index in [0.29, 0.717) is 10.8 Å². The van der Waals surface area contributed by atoms with Crippen LogP contribution in [0.5, 0.6) is 11.5 Å². The quantitative estimate of drug-likeness (QED) is 0.484. The highest BCUT2D eigenvalue weighted by atomic mass is 35.5. The molecule has 1 heterocycles. The number of hydrazone groups is 1. The zero-order chi connectivity index (χ0) is 19.9. The molecule has 3 rings (SSSR count). The molecule has 0 atom stereocenters. The summed E-state index contributed by atoms with van der Waals surface area (Å²) >= 11 is 5.88. The number of nitrogens with one attached hydrogen (secondary N) is 1. The number of methoxy groups -OCH3 is 1. The predicted octanol–water partition coefficient (Wildman–Crippen LogP) is 3.98. The molecule has 0 aliphatic heterocycles. The number of hydrogen-bond donors (Lipinski definition) is 1. The van der Waals surface area contributed by atoms with Crippen LogP contribution < -0.4 is 14.9 Å². The largest absolute Gasteiger partial charge is 0.497 e. The van der Waals surface area contributed by atoms with Crippen LogP contribution in [-0.2, 0) is 4.79 Å². The van der Waals surface area contributed by atoms with Crippen molar-refractivity contribution >= 4 is 23.7 Å². The number of carbonyl (C=O) groups is 1. The van der Waals surface area contributed by atoms with Gasteiger partial charge in [-0.05, 0) is 61.5 Å². The van der Waals surface area contributed by atoms with Gasteiger partial charge >= 0.3 is 0 Å². The molecule has 0 unspecified atom stereocenters. The van der Waals surface area contributed by atoms with Crippen molar-refractivity contribution in [1.82, 2.24) is 9.99 Å². The predicted molar refractivity (Wildman–Crippen MR) is 110 cm³/mol. The van der Waals surface area contributed by atoms with Gasteiger partial charge in [-0.2, -0.15) is 5.10 Å². The summed E-state index contributed by atoms with van der Waals surface area (Å²) in [6.45, 7) is 1.84. The molecule has 28 heavy (non-hydrogen) atoms. The number of rotatable bonds is 7. The summed E-state index contributed by atoms with van der Waals surface area (Å²) in [6, 6.07) is 18.5. The lowest BCUT2D eigenvalue weighted by Gasteiger charge is -2.10. The van der Waals surface area contributed by atoms with Crippen LogP contribution in [0.15, 0.2) is 65.8 Å². The molecule has 0 bridgehead atoms. The van der Waals surface area contributed by atoms with Crippen LogP contribution in [-0.4, -0.2) is 30.4 Å². The molecular formula is C21H20ClN3O3. The molecule has 0 aliphatic rings. The van der Waals surface area contributed by atoms with Crippen LogP contribution in [0.1, 0.15) is 11.4 Å². The molecule has 0 radical (unpaired) electrons. The highest BCUT2D eigenvalue weighted by Crippen LogP contribution is 2.19. The van der Waals surface area contributed by atoms with Crippen molar-refractivity contribution in [3.63, 3.8) is 0 Å². The number of nitrogens with zero attached hydrogens (tertiary/aromatic N) is 2. The van der Waals surface area contributed by atoms with E-state index in [1.54, 1.807) is 37.6 Å². The molecule has 0 saturated carbocycles. The molecular weight excluding hydrogens is 378 g/mol. The lowest BCUT2D eigenvalue weighted by molar-refractivity contribution is -0.123. The van der Waals surface area contributed by atoms with Crippen molar-refractivity contribution in [1.29, 1.82) is 0 Å². The second kappa shape index (κ2) is 9.10. The Morgan fingerprint density at radius 1 is 1.14 bits per heavy atom. The number of hydrogen-bond acceptors (Lipinski definition) is 4. The van der Waals surface area contributed by atoms with E-state index in [9.17, 15) is 4.79 Å². The minimum absolute atomic E-state index is 0.157. The maximum Gasteiger partial charge on any atom is 0.277 e. The highest BCUT2D eigenvalue weighted by Gasteiger charge is 2.07. The van der Waals surface area contributed by atoms with Crippen molar-refractivity contribution < 1.29 is 14.3 Å². The molecule has 144 valence electrons. The minimum Gasteiger partial charge on any atom is -0.497 e. The molecule has 1 N–H and O–H groups in total. The lowest BCUT2D eigenvalue weighted by Crippen LogP contribution is -2.24. The molecule has 7 heteroatoms. The van der Waals surface area contributed by atoms with Gasteiger partial charge in [0, 0.05) is 16.4 Å². The summed E-state index contributed by atoms with van der Waals surface area (Å²) in [5, 5.41) is 4.58. The van der Waals surface area contributed by atoms with E-state index in [-0.39, 0.29) is 12.5 Å². The number of amides is 1. The Morgan fingerprint density at radius 2 is 1.93 bits per heavy atom. The van der Waals surface area contributed by atoms with Crippen LogP contribution in [0.2, 0.25) is 5.02 Å². The zero-order valence-electron chi connectivity index (χ0n) is 15.6. The number of aromatic nitrogens is 1. The minimum atomic E-state index is -0.365. The Labute approximate surface area is 168 Å². The van der Waals surface area contributed by atoms with E-state index in [0.717, 1.165) is 22.8 Å². The lowest BCUT2D eigenvalue weighted by atomic mass is 10.3. The number of benzene rings is 2. The molecule has 3 aromatic rings. The van der Waals surface area contributed by atoms with Gasteiger partial charge in [-0.25, -0.2) is 5.43 Å². The van der Waals surface area contributed by atoms with Crippen molar-refractivity contribution in [2.75, 3.05) is 13.7 Å². The van der Waals surface area contributed by atoms with Crippen molar-refractivity contribution in [2.24, 2.45) is 5.10 Å². The molecule has 0 aliphatic carbocycles. The van der Waals surface area contributed by atoms with Gasteiger partial charge in [0.15, 0.2) is 6.61 Å². The van der Waals surface area contributed by atoms with E-state index < -0.39 is 0 Å². The number of ether oxygens (including phenoxy) is 2. The van der Waals surface area contributed by atoms with Gasteiger partial charge in [0.2, 0.25) is 0 Å². The van der Waals surface area contributed by atoms with Gasteiger partial charge in [-0.1, -0.05) is 17.7 Å². The van der Waals surface area contributed by atoms with Gasteiger partial charge in [0.1, 0.15) is 11.5 Å². The fourth-order valence-corrected chi connectivity index (χ4v) is 2.83. The number of carbonyl (C=O) groups excluding carboxylic acids is 1. The molecule has 0 saturated heterocycles. The van der Waals surface area contributed by atoms with Crippen molar-refractivity contribution in [3.8, 4) is 17.2 Å². The average Bonchev–Trinajstić information content (AvgIpc) is 3.07. The van der Waals surface area contributed by atoms with Gasteiger partial charge in [0.05, 0.1) is 19.0 Å². The normalized spacial score (nSPS) is 10.8. The molecule has 1 amide bonds. The van der Waals surface area contributed by atoms with Crippen molar-refractivity contribution in [2.45, 2.75) is 6.92 Å². The third-order valence-electron chi connectivity index (χ3n) is 3.99. The second-order valence-electron chi connectivity index (χ2n) is 5.97. The van der Waals surface area contributed by atoms with E-state index in [4.69, 9.17) is 21.1 Å². The summed E-state index contributed by atoms with van der Waals surface area (Å²) in [4.78, 5) is 11.9. The van der Waals surface area contributed by atoms with E-state index in [2.05, 4.69) is 10.5 Å². The van der Waals surface area contributed by atoms with Crippen LogP contribution >= 0.6 is 11.6 Å². The molecule has 0 fully saturated rings. The van der Waals surface area contributed by atoms with Crippen molar-refractivity contribution in [3.05, 3.63) is 77.1 Å². The first-order valence-electron chi connectivity index (χ1n) is 8.60. The maximum atomic E-state index is 11.9. The summed E-state index contributed by atoms with van der Waals surface area (Å²) in [7, 11) is 1.63. The standard InChI is InChI=1S/C21H20ClN3O3/c1-15-6-7-18(25(15)17-8-10-19(27-2)11-9-17)13-23-24-21(26)14-28-20-5-3-4-16(22)12-20/h3-13H,14H2,1-2H3,(H,24,26)/b23-13-. The Hall–Kier alpha value is -3.25. The van der Waals surface area contributed by atoms with Gasteiger partial charge in [0.25, 0.3) is 5.91 Å². The number of halogens is 1. The SMILES string of the molecule is COc1ccc(-n2c(C)ccc2/C=N\NC(=O)COc2cccc(Cl)c2)cc1. The summed E-state index contributed by atoms with van der Waals surface area (Å²) in [6.07, 6.45) is 1.59. The Kier molecular flexibility index (Phi) is 6.34. The first-order valence-corrected chi connectivity index (χ1v) is 8.97. The van der Waals surface area contributed by atoms with Crippen LogP contribution in [0.25, 0.3) is 5.69 Å². The fraction of sp³-hybridized carbons (Fsp3) is 0.143. The van der Waals surface area contributed by atoms with Gasteiger partial charge < -0.3 is 14.0 Å². The van der Waals surface area contributed by atoms with Crippen LogP contribution in [0.4, 0.5) is 0 Å². The van der Waals surface area contributed by atoms with Gasteiger partial charge in [-0.15, -0.1) is 0 Å². The summed E-state index contributed by atoms with van der Waals surface area (Å²) < 4.78 is 12.6. The fourth-order valence-electron chi connectivity index (χ4n) is 2.65. The van der Waals surface area contributed by atoms with E-state index >= 15 is 0 Å². The maximum absolute atomic E-state index is 11.9. The first-order chi connectivity index (χ1) is 13.6. The van der Waals surface area contributed by atoms with E-state index in [1.807, 2.05) is 47.9 Å². The molecule has 0 spiro atoms. The Bertz CT molecular complexity index is 981. The average molecular weight is 398 g/mol. The zero-order valence-corrected chi connectivity index (χ0v) is 16.3. The first kappa shape index (κ1) is 19.5. The highest BCUT2D eigenvalue weighted by molar-refractivity contribution is 6.30. The Balaban J connectivity index is 1.62. The molecule has 2 aromatic carbocycles. The summed E-state index contributed by atoms with van der Waals surface area (Å²) in [5.41, 5.74) is 5.31. The van der Waals surface area contributed by atoms with E-state index in [1.165, 1.54) is 0 Å². The molecule has 1 aromatic heterocycles. The third-order valence-corrected chi connectivity index (χ3v) is 4.22. The smallest absolute Gasteiger partial charge is 0.277 e. The monoisotopic (exact) mass is 397 g/mol. The Morgan fingerprint density at radius 3 is 2.64 bits per heavy atom. The second-order valence-corrected chi connectivity index (χ2v) is 6.41. The van der Waals surface area contributed by atoms with Crippen LogP contribution in [0, 0.1) is 6.92 Å². The van der Waals surface area contributed by atoms with Gasteiger partial charge in [-0.3, -0.25) is 4.79 Å². The van der Waals surface area contributed by atoms with Crippen LogP contribution in [0.3, 0.4) is 0 Å². The number of aryl methyl sites for hydroxylation is 1. The topological polar surface area (TPSA) is 64.8 Å². The molecule has 6 nitrogen and oxygen atoms in total. The summed E-state index contributed by atoms with van der Waals surface area (Å²) in [5.74, 6) is 0.946. The third kappa shape index (κ3) is 4.92.